The van der Waals surface area contributed by atoms with Gasteiger partial charge in [0.25, 0.3) is 0 Å². The van der Waals surface area contributed by atoms with Crippen molar-refractivity contribution in [2.24, 2.45) is 17.8 Å². The lowest BCUT2D eigenvalue weighted by molar-refractivity contribution is -0.192. The van der Waals surface area contributed by atoms with E-state index in [4.69, 9.17) is 14.2 Å². The van der Waals surface area contributed by atoms with Crippen LogP contribution >= 0.6 is 0 Å². The zero-order chi connectivity index (χ0) is 18.5. The molecule has 2 aliphatic carbocycles. The summed E-state index contributed by atoms with van der Waals surface area (Å²) in [4.78, 5) is 0. The van der Waals surface area contributed by atoms with E-state index in [2.05, 4.69) is 32.6 Å². The number of ether oxygens (including phenoxy) is 3. The van der Waals surface area contributed by atoms with Crippen LogP contribution in [0.4, 0.5) is 0 Å². The predicted octanol–water partition coefficient (Wildman–Crippen LogP) is 3.83. The van der Waals surface area contributed by atoms with Crippen LogP contribution in [0.5, 0.6) is 11.5 Å². The summed E-state index contributed by atoms with van der Waals surface area (Å²) >= 11 is 0. The molecule has 0 spiro atoms. The lowest BCUT2D eigenvalue weighted by Gasteiger charge is -2.54. The first kappa shape index (κ1) is 17.4. The highest BCUT2D eigenvalue weighted by molar-refractivity contribution is 5.50. The van der Waals surface area contributed by atoms with Crippen LogP contribution in [-0.2, 0) is 4.74 Å². The Kier molecular flexibility index (Phi) is 4.20. The van der Waals surface area contributed by atoms with Crippen molar-refractivity contribution in [2.45, 2.75) is 31.7 Å². The molecule has 0 radical (unpaired) electrons. The van der Waals surface area contributed by atoms with E-state index in [1.807, 2.05) is 18.2 Å². The highest BCUT2D eigenvalue weighted by atomic mass is 16.7. The number of aliphatic hydroxyl groups is 1. The molecule has 138 valence electrons. The minimum Gasteiger partial charge on any atom is -0.497 e. The fourth-order valence-electron chi connectivity index (χ4n) is 4.70. The van der Waals surface area contributed by atoms with E-state index in [9.17, 15) is 5.11 Å². The Morgan fingerprint density at radius 3 is 2.88 bits per heavy atom. The van der Waals surface area contributed by atoms with Crippen LogP contribution in [0.1, 0.15) is 25.3 Å². The molecule has 6 atom stereocenters. The van der Waals surface area contributed by atoms with Gasteiger partial charge in [0.05, 0.1) is 25.7 Å². The summed E-state index contributed by atoms with van der Waals surface area (Å²) < 4.78 is 18.1. The Bertz CT molecular complexity index is 780. The number of benzene rings is 1. The van der Waals surface area contributed by atoms with Gasteiger partial charge in [0.2, 0.25) is 5.79 Å². The van der Waals surface area contributed by atoms with Crippen LogP contribution in [-0.4, -0.2) is 30.7 Å². The molecule has 4 nitrogen and oxygen atoms in total. The van der Waals surface area contributed by atoms with E-state index in [1.165, 1.54) is 0 Å². The fraction of sp³-hybridized carbons (Fsp3) is 0.455. The number of rotatable bonds is 4. The summed E-state index contributed by atoms with van der Waals surface area (Å²) in [5.74, 6) is 1.54. The Balaban J connectivity index is 1.93. The van der Waals surface area contributed by atoms with Gasteiger partial charge in [0, 0.05) is 11.5 Å². The predicted molar refractivity (Wildman–Crippen MR) is 100 cm³/mol. The van der Waals surface area contributed by atoms with Crippen LogP contribution in [0.2, 0.25) is 0 Å². The van der Waals surface area contributed by atoms with Crippen molar-refractivity contribution >= 4 is 0 Å². The monoisotopic (exact) mass is 354 g/mol. The minimum atomic E-state index is -0.917. The topological polar surface area (TPSA) is 47.9 Å². The van der Waals surface area contributed by atoms with E-state index in [0.717, 1.165) is 22.6 Å². The van der Waals surface area contributed by atoms with Crippen molar-refractivity contribution in [1.29, 1.82) is 0 Å². The molecule has 1 aromatic rings. The van der Waals surface area contributed by atoms with Crippen molar-refractivity contribution in [1.82, 2.24) is 0 Å². The molecular weight excluding hydrogens is 328 g/mol. The molecule has 0 saturated heterocycles. The second-order valence-corrected chi connectivity index (χ2v) is 7.52. The minimum absolute atomic E-state index is 0.0757. The molecule has 4 heteroatoms. The first-order valence-electron chi connectivity index (χ1n) is 9.21. The van der Waals surface area contributed by atoms with Gasteiger partial charge < -0.3 is 19.3 Å². The molecule has 0 bridgehead atoms. The normalized spacial score (nSPS) is 37.1. The Hall–Kier alpha value is -2.04. The van der Waals surface area contributed by atoms with Gasteiger partial charge in [-0.25, -0.2) is 0 Å². The third-order valence-corrected chi connectivity index (χ3v) is 6.13. The van der Waals surface area contributed by atoms with Gasteiger partial charge >= 0.3 is 0 Å². The van der Waals surface area contributed by atoms with Crippen molar-refractivity contribution in [2.75, 3.05) is 13.7 Å². The Morgan fingerprint density at radius 2 is 2.15 bits per heavy atom. The average Bonchev–Trinajstić information content (AvgIpc) is 2.65. The molecular formula is C22H26O4. The molecule has 0 fully saturated rings. The second-order valence-electron chi connectivity index (χ2n) is 7.52. The molecule has 0 saturated carbocycles. The molecule has 1 N–H and O–H groups in total. The number of allylic oxidation sites excluding steroid dienone is 1. The van der Waals surface area contributed by atoms with Gasteiger partial charge in [-0.05, 0) is 47.8 Å². The van der Waals surface area contributed by atoms with Crippen LogP contribution in [0, 0.1) is 17.8 Å². The van der Waals surface area contributed by atoms with Crippen molar-refractivity contribution in [3.05, 3.63) is 60.2 Å². The zero-order valence-electron chi connectivity index (χ0n) is 15.5. The van der Waals surface area contributed by atoms with E-state index in [0.29, 0.717) is 18.4 Å². The molecule has 1 heterocycles. The lowest BCUT2D eigenvalue weighted by atomic mass is 9.59. The number of hydrogen-bond acceptors (Lipinski definition) is 4. The number of methoxy groups -OCH3 is 1. The largest absolute Gasteiger partial charge is 0.497 e. The zero-order valence-corrected chi connectivity index (χ0v) is 15.5. The third kappa shape index (κ3) is 2.43. The summed E-state index contributed by atoms with van der Waals surface area (Å²) in [6.07, 6.45) is 6.98. The van der Waals surface area contributed by atoms with Crippen LogP contribution in [0.15, 0.2) is 54.7 Å². The van der Waals surface area contributed by atoms with Crippen LogP contribution in [0.25, 0.3) is 0 Å². The summed E-state index contributed by atoms with van der Waals surface area (Å²) in [5.41, 5.74) is 2.11. The molecule has 1 aliphatic heterocycles. The quantitative estimate of drug-likeness (QED) is 0.835. The van der Waals surface area contributed by atoms with Gasteiger partial charge in [0.1, 0.15) is 11.5 Å². The summed E-state index contributed by atoms with van der Waals surface area (Å²) in [6, 6.07) is 5.93. The summed E-state index contributed by atoms with van der Waals surface area (Å²) in [6.45, 7) is 8.63. The molecule has 0 unspecified atom stereocenters. The van der Waals surface area contributed by atoms with E-state index in [1.54, 1.807) is 19.3 Å². The molecule has 4 rings (SSSR count). The van der Waals surface area contributed by atoms with Gasteiger partial charge in [-0.3, -0.25) is 0 Å². The molecule has 1 aromatic carbocycles. The molecule has 0 aromatic heterocycles. The molecule has 3 aliphatic rings. The van der Waals surface area contributed by atoms with Gasteiger partial charge in [0.15, 0.2) is 0 Å². The Labute approximate surface area is 154 Å². The highest BCUT2D eigenvalue weighted by Crippen LogP contribution is 2.58. The smallest absolute Gasteiger partial charge is 0.238 e. The second kappa shape index (κ2) is 6.29. The van der Waals surface area contributed by atoms with E-state index >= 15 is 0 Å². The molecule has 26 heavy (non-hydrogen) atoms. The maximum absolute atomic E-state index is 10.6. The maximum Gasteiger partial charge on any atom is 0.238 e. The fourth-order valence-corrected chi connectivity index (χ4v) is 4.70. The average molecular weight is 354 g/mol. The van der Waals surface area contributed by atoms with Crippen molar-refractivity contribution < 1.29 is 19.3 Å². The third-order valence-electron chi connectivity index (χ3n) is 6.13. The van der Waals surface area contributed by atoms with Crippen molar-refractivity contribution in [3.8, 4) is 11.5 Å². The lowest BCUT2D eigenvalue weighted by Crippen LogP contribution is -2.57. The van der Waals surface area contributed by atoms with E-state index in [-0.39, 0.29) is 11.8 Å². The van der Waals surface area contributed by atoms with E-state index < -0.39 is 11.9 Å². The highest BCUT2D eigenvalue weighted by Gasteiger charge is 2.57. The van der Waals surface area contributed by atoms with Gasteiger partial charge in [-0.2, -0.15) is 0 Å². The standard InChI is InChI=1S/C22H26O4/c1-5-10-25-22-9-8-18(23)16-11-13(2)14(3)20(21(16)22)17-12-15(24-4)6-7-19(17)26-22/h5-9,11-14,18,20-21,23H,1,10H2,2-4H3/t13-,14+,18-,20+,21+,22+/m0/s1. The molecule has 0 amide bonds. The first-order valence-corrected chi connectivity index (χ1v) is 9.21. The van der Waals surface area contributed by atoms with Crippen molar-refractivity contribution in [3.63, 3.8) is 0 Å². The van der Waals surface area contributed by atoms with Gasteiger partial charge in [-0.1, -0.05) is 26.0 Å². The maximum atomic E-state index is 10.6. The summed E-state index contributed by atoms with van der Waals surface area (Å²) in [5, 5.41) is 10.6. The van der Waals surface area contributed by atoms with Gasteiger partial charge in [-0.15, -0.1) is 6.58 Å². The van der Waals surface area contributed by atoms with Crippen LogP contribution < -0.4 is 9.47 Å². The number of hydrogen-bond donors (Lipinski definition) is 1. The summed E-state index contributed by atoms with van der Waals surface area (Å²) in [7, 11) is 1.67. The Morgan fingerprint density at radius 1 is 1.35 bits per heavy atom. The number of fused-ring (bicyclic) bond motifs is 2. The number of aliphatic hydroxyl groups excluding tert-OH is 1. The SMILES string of the molecule is C=CCO[C@]12C=C[C@H](O)C3=C[C@H](C)[C@@H](C)[C@H](c4cc(OC)ccc4O1)[C@@H]32. The first-order chi connectivity index (χ1) is 12.5. The van der Waals surface area contributed by atoms with Crippen LogP contribution in [0.3, 0.4) is 0 Å².